The molecule has 2 N–H and O–H groups in total. The number of thiophene rings is 1. The number of nitrogens with two attached hydrogens (primary N) is 1. The van der Waals surface area contributed by atoms with Gasteiger partial charge >= 0.3 is 0 Å². The lowest BCUT2D eigenvalue weighted by molar-refractivity contribution is -0.117. The third kappa shape index (κ3) is 3.46. The summed E-state index contributed by atoms with van der Waals surface area (Å²) in [5.41, 5.74) is 7.01. The summed E-state index contributed by atoms with van der Waals surface area (Å²) in [4.78, 5) is 31.3. The van der Waals surface area contributed by atoms with E-state index in [1.807, 2.05) is 66.7 Å². The lowest BCUT2D eigenvalue weighted by atomic mass is 10.2. The van der Waals surface area contributed by atoms with Gasteiger partial charge in [-0.2, -0.15) is 0 Å². The van der Waals surface area contributed by atoms with Gasteiger partial charge in [-0.25, -0.2) is 4.98 Å². The largest absolute Gasteiger partial charge is 0.369 e. The Bertz CT molecular complexity index is 1200. The lowest BCUT2D eigenvalue weighted by Crippen LogP contribution is -2.26. The van der Waals surface area contributed by atoms with Crippen LogP contribution in [-0.2, 0) is 4.79 Å². The molecule has 5 nitrogen and oxygen atoms in total. The van der Waals surface area contributed by atoms with Gasteiger partial charge in [-0.1, -0.05) is 60.3 Å². The Morgan fingerprint density at radius 3 is 2.39 bits per heavy atom. The molecule has 0 saturated carbocycles. The van der Waals surface area contributed by atoms with Crippen LogP contribution >= 0.6 is 23.1 Å². The number of rotatable bonds is 5. The third-order valence-corrected chi connectivity index (χ3v) is 6.44. The van der Waals surface area contributed by atoms with E-state index >= 15 is 0 Å². The fourth-order valence-corrected chi connectivity index (χ4v) is 4.76. The van der Waals surface area contributed by atoms with E-state index in [9.17, 15) is 9.59 Å². The number of hydrogen-bond acceptors (Lipinski definition) is 5. The van der Waals surface area contributed by atoms with Crippen LogP contribution in [0, 0.1) is 0 Å². The van der Waals surface area contributed by atoms with Gasteiger partial charge < -0.3 is 5.73 Å². The molecule has 0 radical (unpaired) electrons. The average Bonchev–Trinajstić information content (AvgIpc) is 3.14. The number of hydrogen-bond donors (Lipinski definition) is 1. The molecule has 4 aromatic rings. The van der Waals surface area contributed by atoms with Gasteiger partial charge in [-0.15, -0.1) is 11.3 Å². The summed E-state index contributed by atoms with van der Waals surface area (Å²) >= 11 is 2.66. The normalized spacial score (nSPS) is 12.2. The average molecular weight is 408 g/mol. The molecule has 0 aliphatic carbocycles. The van der Waals surface area contributed by atoms with Crippen LogP contribution in [0.3, 0.4) is 0 Å². The van der Waals surface area contributed by atoms with E-state index in [1.54, 1.807) is 11.5 Å². The molecular formula is C21H17N3O2S2. The summed E-state index contributed by atoms with van der Waals surface area (Å²) in [7, 11) is 0. The van der Waals surface area contributed by atoms with E-state index < -0.39 is 11.2 Å². The molecule has 140 valence electrons. The van der Waals surface area contributed by atoms with Gasteiger partial charge in [-0.3, -0.25) is 14.2 Å². The third-order valence-electron chi connectivity index (χ3n) is 4.29. The maximum Gasteiger partial charge on any atom is 0.267 e. The van der Waals surface area contributed by atoms with Crippen LogP contribution in [0.4, 0.5) is 0 Å². The van der Waals surface area contributed by atoms with Gasteiger partial charge in [0, 0.05) is 4.88 Å². The molecule has 2 aromatic carbocycles. The van der Waals surface area contributed by atoms with Crippen LogP contribution in [0.1, 0.15) is 6.92 Å². The topological polar surface area (TPSA) is 78.0 Å². The van der Waals surface area contributed by atoms with Crippen molar-refractivity contribution < 1.29 is 4.79 Å². The Hall–Kier alpha value is -2.90. The summed E-state index contributed by atoms with van der Waals surface area (Å²) in [6.07, 6.45) is 0. The first-order valence-electron chi connectivity index (χ1n) is 8.68. The van der Waals surface area contributed by atoms with E-state index in [4.69, 9.17) is 10.7 Å². The molecule has 28 heavy (non-hydrogen) atoms. The molecule has 0 spiro atoms. The summed E-state index contributed by atoms with van der Waals surface area (Å²) in [5.74, 6) is -0.449. The predicted octanol–water partition coefficient (Wildman–Crippen LogP) is 4.08. The number of carbonyl (C=O) groups is 1. The van der Waals surface area contributed by atoms with E-state index in [0.29, 0.717) is 21.1 Å². The van der Waals surface area contributed by atoms with Gasteiger partial charge in [-0.05, 0) is 30.7 Å². The minimum Gasteiger partial charge on any atom is -0.369 e. The van der Waals surface area contributed by atoms with Crippen molar-refractivity contribution in [1.82, 2.24) is 9.55 Å². The summed E-state index contributed by atoms with van der Waals surface area (Å²) in [6, 6.07) is 21.1. The van der Waals surface area contributed by atoms with E-state index in [0.717, 1.165) is 10.4 Å². The maximum absolute atomic E-state index is 13.3. The second-order valence-corrected chi connectivity index (χ2v) is 8.57. The quantitative estimate of drug-likeness (QED) is 0.399. The summed E-state index contributed by atoms with van der Waals surface area (Å²) in [5, 5.41) is 0.508. The fraction of sp³-hybridized carbons (Fsp3) is 0.0952. The van der Waals surface area contributed by atoms with Crippen LogP contribution in [0.2, 0.25) is 0 Å². The second kappa shape index (κ2) is 7.61. The first kappa shape index (κ1) is 18.5. The highest BCUT2D eigenvalue weighted by Crippen LogP contribution is 2.33. The second-order valence-electron chi connectivity index (χ2n) is 6.23. The minimum atomic E-state index is -0.507. The molecular weight excluding hydrogens is 390 g/mol. The van der Waals surface area contributed by atoms with Crippen molar-refractivity contribution in [2.75, 3.05) is 0 Å². The molecule has 0 saturated heterocycles. The summed E-state index contributed by atoms with van der Waals surface area (Å²) in [6.45, 7) is 1.71. The van der Waals surface area contributed by atoms with E-state index in [-0.39, 0.29) is 5.56 Å². The number of benzene rings is 2. The van der Waals surface area contributed by atoms with Crippen LogP contribution in [-0.4, -0.2) is 20.7 Å². The van der Waals surface area contributed by atoms with Gasteiger partial charge in [0.15, 0.2) is 5.16 Å². The Labute approximate surface area is 169 Å². The Morgan fingerprint density at radius 1 is 1.11 bits per heavy atom. The number of thioether (sulfide) groups is 1. The van der Waals surface area contributed by atoms with Crippen molar-refractivity contribution in [1.29, 1.82) is 0 Å². The van der Waals surface area contributed by atoms with Crippen LogP contribution in [0.5, 0.6) is 0 Å². The molecule has 2 aromatic heterocycles. The predicted molar refractivity (Wildman–Crippen MR) is 115 cm³/mol. The molecule has 0 unspecified atom stereocenters. The number of amides is 1. The number of primary amides is 1. The van der Waals surface area contributed by atoms with Crippen molar-refractivity contribution in [2.24, 2.45) is 5.73 Å². The first-order valence-corrected chi connectivity index (χ1v) is 10.4. The van der Waals surface area contributed by atoms with Gasteiger partial charge in [0.1, 0.15) is 4.83 Å². The van der Waals surface area contributed by atoms with Crippen molar-refractivity contribution in [3.8, 4) is 16.1 Å². The summed E-state index contributed by atoms with van der Waals surface area (Å²) < 4.78 is 1.55. The van der Waals surface area contributed by atoms with E-state index in [2.05, 4.69) is 0 Å². The van der Waals surface area contributed by atoms with Crippen LogP contribution in [0.25, 0.3) is 26.3 Å². The Balaban J connectivity index is 1.95. The van der Waals surface area contributed by atoms with Crippen molar-refractivity contribution in [2.45, 2.75) is 17.3 Å². The zero-order chi connectivity index (χ0) is 19.7. The van der Waals surface area contributed by atoms with Crippen molar-refractivity contribution in [3.05, 3.63) is 77.1 Å². The molecule has 4 rings (SSSR count). The highest BCUT2D eigenvalue weighted by Gasteiger charge is 2.20. The molecule has 7 heteroatoms. The number of aromatic nitrogens is 2. The number of nitrogens with zero attached hydrogens (tertiary/aromatic N) is 2. The smallest absolute Gasteiger partial charge is 0.267 e. The SMILES string of the molecule is C[C@@H](Sc1nc2sc(-c3ccccc3)cc2c(=O)n1-c1ccccc1)C(N)=O. The lowest BCUT2D eigenvalue weighted by Gasteiger charge is -2.13. The Morgan fingerprint density at radius 2 is 1.75 bits per heavy atom. The number of fused-ring (bicyclic) bond motifs is 1. The molecule has 1 amide bonds. The minimum absolute atomic E-state index is 0.159. The monoisotopic (exact) mass is 407 g/mol. The number of para-hydroxylation sites is 1. The van der Waals surface area contributed by atoms with Crippen LogP contribution < -0.4 is 11.3 Å². The van der Waals surface area contributed by atoms with Gasteiger partial charge in [0.25, 0.3) is 5.56 Å². The fourth-order valence-electron chi connectivity index (χ4n) is 2.81. The molecule has 0 aliphatic heterocycles. The van der Waals surface area contributed by atoms with Crippen molar-refractivity contribution >= 4 is 39.2 Å². The van der Waals surface area contributed by atoms with Crippen LogP contribution in [0.15, 0.2) is 76.7 Å². The molecule has 0 aliphatic rings. The zero-order valence-electron chi connectivity index (χ0n) is 15.0. The highest BCUT2D eigenvalue weighted by molar-refractivity contribution is 8.00. The molecule has 0 bridgehead atoms. The maximum atomic E-state index is 13.3. The first-order chi connectivity index (χ1) is 13.5. The molecule has 1 atom stereocenters. The standard InChI is InChI=1S/C21H17N3O2S2/c1-13(18(22)25)27-21-23-19-16(12-17(28-19)14-8-4-2-5-9-14)20(26)24(21)15-10-6-3-7-11-15/h2-13H,1H3,(H2,22,25)/t13-/m1/s1. The van der Waals surface area contributed by atoms with Gasteiger partial charge in [0.05, 0.1) is 16.3 Å². The highest BCUT2D eigenvalue weighted by atomic mass is 32.2. The molecule has 0 fully saturated rings. The molecule has 2 heterocycles. The van der Waals surface area contributed by atoms with Gasteiger partial charge in [0.2, 0.25) is 5.91 Å². The van der Waals surface area contributed by atoms with E-state index in [1.165, 1.54) is 23.1 Å². The zero-order valence-corrected chi connectivity index (χ0v) is 16.7. The van der Waals surface area contributed by atoms with Crippen molar-refractivity contribution in [3.63, 3.8) is 0 Å². The number of carbonyl (C=O) groups excluding carboxylic acids is 1. The Kier molecular flexibility index (Phi) is 5.02.